The number of nitriles is 1. The van der Waals surface area contributed by atoms with Gasteiger partial charge in [-0.05, 0) is 12.8 Å². The van der Waals surface area contributed by atoms with Crippen molar-refractivity contribution in [3.63, 3.8) is 0 Å². The lowest BCUT2D eigenvalue weighted by Gasteiger charge is -2.10. The van der Waals surface area contributed by atoms with Crippen LogP contribution in [0.5, 0.6) is 0 Å². The summed E-state index contributed by atoms with van der Waals surface area (Å²) >= 11 is 0. The second-order valence-electron chi connectivity index (χ2n) is 3.64. The molecule has 0 aromatic carbocycles. The normalized spacial score (nSPS) is 13.3. The molecule has 0 N–H and O–H groups in total. The van der Waals surface area contributed by atoms with Gasteiger partial charge in [0.15, 0.2) is 5.03 Å². The fourth-order valence-corrected chi connectivity index (χ4v) is 2.23. The fraction of sp³-hybridized carbons (Fsp3) is 0.600. The highest BCUT2D eigenvalue weighted by molar-refractivity contribution is 8.13. The number of hydrogen-bond donors (Lipinski definition) is 0. The second-order valence-corrected chi connectivity index (χ2v) is 6.16. The molecule has 1 unspecified atom stereocenters. The van der Waals surface area contributed by atoms with Gasteiger partial charge in [0, 0.05) is 23.3 Å². The maximum Gasteiger partial charge on any atom is 0.280 e. The maximum atomic E-state index is 11.2. The quantitative estimate of drug-likeness (QED) is 0.772. The lowest BCUT2D eigenvalue weighted by molar-refractivity contribution is 0.563. The van der Waals surface area contributed by atoms with Crippen LogP contribution in [0.2, 0.25) is 0 Å². The van der Waals surface area contributed by atoms with E-state index in [1.165, 1.54) is 6.20 Å². The molecule has 0 saturated heterocycles. The Balaban J connectivity index is 3.28. The van der Waals surface area contributed by atoms with Gasteiger partial charge in [-0.15, -0.1) is 0 Å². The number of rotatable bonds is 5. The zero-order valence-corrected chi connectivity index (χ0v) is 11.3. The molecule has 7 heteroatoms. The highest BCUT2D eigenvalue weighted by Gasteiger charge is 2.20. The zero-order valence-electron chi connectivity index (χ0n) is 9.72. The van der Waals surface area contributed by atoms with Gasteiger partial charge in [0.25, 0.3) is 9.05 Å². The Morgan fingerprint density at radius 3 is 2.65 bits per heavy atom. The van der Waals surface area contributed by atoms with E-state index in [1.807, 2.05) is 13.8 Å². The molecule has 94 valence electrons. The van der Waals surface area contributed by atoms with Crippen molar-refractivity contribution in [3.05, 3.63) is 12.0 Å². The van der Waals surface area contributed by atoms with Gasteiger partial charge in [-0.25, -0.2) is 13.4 Å². The number of hydrogen-bond acceptors (Lipinski definition) is 4. The largest absolute Gasteiger partial charge is 0.317 e. The third-order valence-electron chi connectivity index (χ3n) is 2.38. The van der Waals surface area contributed by atoms with Gasteiger partial charge in [0.1, 0.15) is 11.9 Å². The van der Waals surface area contributed by atoms with Gasteiger partial charge in [-0.2, -0.15) is 5.26 Å². The minimum atomic E-state index is -3.84. The summed E-state index contributed by atoms with van der Waals surface area (Å²) in [6, 6.07) is 1.71. The van der Waals surface area contributed by atoms with E-state index in [4.69, 9.17) is 15.9 Å². The summed E-state index contributed by atoms with van der Waals surface area (Å²) in [5, 5.41) is 8.82. The van der Waals surface area contributed by atoms with Crippen molar-refractivity contribution in [1.29, 1.82) is 5.26 Å². The highest BCUT2D eigenvalue weighted by Crippen LogP contribution is 2.20. The van der Waals surface area contributed by atoms with Crippen LogP contribution in [-0.2, 0) is 15.5 Å². The van der Waals surface area contributed by atoms with E-state index in [-0.39, 0.29) is 5.03 Å². The Kier molecular flexibility index (Phi) is 4.54. The summed E-state index contributed by atoms with van der Waals surface area (Å²) in [7, 11) is 1.41. The van der Waals surface area contributed by atoms with Crippen LogP contribution in [0.4, 0.5) is 0 Å². The minimum absolute atomic E-state index is 0.184. The van der Waals surface area contributed by atoms with E-state index < -0.39 is 15.1 Å². The van der Waals surface area contributed by atoms with E-state index in [0.29, 0.717) is 18.7 Å². The van der Waals surface area contributed by atoms with Gasteiger partial charge in [0.2, 0.25) is 0 Å². The van der Waals surface area contributed by atoms with E-state index in [1.54, 1.807) is 4.57 Å². The predicted molar refractivity (Wildman–Crippen MR) is 64.2 cm³/mol. The first kappa shape index (κ1) is 14.0. The van der Waals surface area contributed by atoms with Gasteiger partial charge >= 0.3 is 0 Å². The van der Waals surface area contributed by atoms with Crippen LogP contribution in [0.25, 0.3) is 0 Å². The van der Waals surface area contributed by atoms with Crippen LogP contribution in [0.1, 0.15) is 38.6 Å². The molecular formula is C10H14ClN3O2S. The average molecular weight is 276 g/mol. The molecule has 17 heavy (non-hydrogen) atoms. The average Bonchev–Trinajstić information content (AvgIpc) is 2.65. The molecule has 5 nitrogen and oxygen atoms in total. The molecule has 0 amide bonds. The molecular weight excluding hydrogens is 262 g/mol. The maximum absolute atomic E-state index is 11.2. The number of nitrogens with zero attached hydrogens (tertiary/aromatic N) is 3. The van der Waals surface area contributed by atoms with E-state index in [9.17, 15) is 8.42 Å². The number of imidazole rings is 1. The molecule has 0 aliphatic carbocycles. The van der Waals surface area contributed by atoms with Crippen molar-refractivity contribution in [3.8, 4) is 6.07 Å². The van der Waals surface area contributed by atoms with Gasteiger partial charge in [-0.3, -0.25) is 0 Å². The monoisotopic (exact) mass is 275 g/mol. The summed E-state index contributed by atoms with van der Waals surface area (Å²) in [4.78, 5) is 3.98. The van der Waals surface area contributed by atoms with E-state index in [0.717, 1.165) is 6.42 Å². The molecule has 1 rings (SSSR count). The third-order valence-corrected chi connectivity index (χ3v) is 3.55. The molecule has 1 aromatic heterocycles. The van der Waals surface area contributed by atoms with Gasteiger partial charge < -0.3 is 4.57 Å². The second kappa shape index (κ2) is 5.52. The first-order chi connectivity index (χ1) is 7.93. The SMILES string of the molecule is CCCc1nc(S(=O)(=O)Cl)cn1C(C#N)CC. The lowest BCUT2D eigenvalue weighted by Crippen LogP contribution is -2.08. The lowest BCUT2D eigenvalue weighted by atomic mass is 10.2. The fourth-order valence-electron chi connectivity index (χ4n) is 1.55. The minimum Gasteiger partial charge on any atom is -0.317 e. The van der Waals surface area contributed by atoms with Crippen molar-refractivity contribution in [1.82, 2.24) is 9.55 Å². The summed E-state index contributed by atoms with van der Waals surface area (Å²) in [6.07, 6.45) is 3.36. The van der Waals surface area contributed by atoms with E-state index >= 15 is 0 Å². The molecule has 0 bridgehead atoms. The van der Waals surface area contributed by atoms with Crippen LogP contribution in [0, 0.1) is 11.3 Å². The Hall–Kier alpha value is -1.06. The standard InChI is InChI=1S/C10H14ClN3O2S/c1-3-5-9-13-10(17(11,15)16)7-14(9)8(4-2)6-12/h7-8H,3-5H2,1-2H3. The molecule has 1 heterocycles. The smallest absolute Gasteiger partial charge is 0.280 e. The van der Waals surface area contributed by atoms with Crippen molar-refractivity contribution in [2.75, 3.05) is 0 Å². The molecule has 0 aliphatic heterocycles. The Bertz CT molecular complexity index is 530. The Morgan fingerprint density at radius 1 is 1.59 bits per heavy atom. The van der Waals surface area contributed by atoms with Crippen molar-refractivity contribution in [2.24, 2.45) is 0 Å². The van der Waals surface area contributed by atoms with Crippen LogP contribution < -0.4 is 0 Å². The van der Waals surface area contributed by atoms with Crippen LogP contribution in [0.3, 0.4) is 0 Å². The highest BCUT2D eigenvalue weighted by atomic mass is 35.7. The first-order valence-electron chi connectivity index (χ1n) is 5.36. The van der Waals surface area contributed by atoms with E-state index in [2.05, 4.69) is 11.1 Å². The molecule has 1 atom stereocenters. The number of aromatic nitrogens is 2. The number of halogens is 1. The summed E-state index contributed by atoms with van der Waals surface area (Å²) in [5.74, 6) is 0.583. The third kappa shape index (κ3) is 3.20. The zero-order chi connectivity index (χ0) is 13.1. The molecule has 0 saturated carbocycles. The summed E-state index contributed by atoms with van der Waals surface area (Å²) in [6.45, 7) is 3.82. The predicted octanol–water partition coefficient (Wildman–Crippen LogP) is 2.24. The van der Waals surface area contributed by atoms with Gasteiger partial charge in [-0.1, -0.05) is 13.8 Å². The molecule has 1 aromatic rings. The Labute approximate surface area is 105 Å². The Morgan fingerprint density at radius 2 is 2.24 bits per heavy atom. The molecule has 0 spiro atoms. The summed E-state index contributed by atoms with van der Waals surface area (Å²) in [5.41, 5.74) is 0. The summed E-state index contributed by atoms with van der Waals surface area (Å²) < 4.78 is 24.0. The van der Waals surface area contributed by atoms with Gasteiger partial charge in [0.05, 0.1) is 6.07 Å². The molecule has 0 radical (unpaired) electrons. The van der Waals surface area contributed by atoms with Crippen molar-refractivity contribution < 1.29 is 8.42 Å². The van der Waals surface area contributed by atoms with Crippen LogP contribution >= 0.6 is 10.7 Å². The molecule has 0 aliphatic rings. The van der Waals surface area contributed by atoms with Crippen molar-refractivity contribution >= 4 is 19.7 Å². The molecule has 0 fully saturated rings. The topological polar surface area (TPSA) is 75.8 Å². The van der Waals surface area contributed by atoms with Crippen LogP contribution in [-0.4, -0.2) is 18.0 Å². The van der Waals surface area contributed by atoms with Crippen molar-refractivity contribution in [2.45, 2.75) is 44.2 Å². The first-order valence-corrected chi connectivity index (χ1v) is 7.67. The number of aryl methyl sites for hydroxylation is 1. The van der Waals surface area contributed by atoms with Crippen LogP contribution in [0.15, 0.2) is 11.2 Å².